The van der Waals surface area contributed by atoms with E-state index < -0.39 is 0 Å². The summed E-state index contributed by atoms with van der Waals surface area (Å²) >= 11 is 1.46. The fraction of sp³-hybridized carbons (Fsp3) is 0.111. The topological polar surface area (TPSA) is 42.0 Å². The summed E-state index contributed by atoms with van der Waals surface area (Å²) in [5.74, 6) is -0.0630. The molecule has 0 fully saturated rings. The first-order valence-corrected chi connectivity index (χ1v) is 7.94. The average molecular weight is 308 g/mol. The highest BCUT2D eigenvalue weighted by Gasteiger charge is 2.20. The second kappa shape index (κ2) is 6.54. The van der Waals surface area contributed by atoms with Crippen LogP contribution in [0, 0.1) is 6.92 Å². The molecule has 4 heteroatoms. The first kappa shape index (κ1) is 14.5. The molecule has 1 N–H and O–H groups in total. The van der Waals surface area contributed by atoms with Crippen molar-refractivity contribution in [3.63, 3.8) is 0 Å². The van der Waals surface area contributed by atoms with E-state index in [0.717, 1.165) is 21.7 Å². The molecular weight excluding hydrogens is 292 g/mol. The maximum Gasteiger partial charge on any atom is 0.262 e. The van der Waals surface area contributed by atoms with E-state index in [4.69, 9.17) is 0 Å². The van der Waals surface area contributed by atoms with Gasteiger partial charge in [0.05, 0.1) is 16.6 Å². The predicted molar refractivity (Wildman–Crippen MR) is 89.0 cm³/mol. The number of hydrogen-bond acceptors (Lipinski definition) is 3. The molecule has 3 aromatic rings. The molecular formula is C18H16N2OS. The van der Waals surface area contributed by atoms with Gasteiger partial charge in [0, 0.05) is 6.20 Å². The van der Waals surface area contributed by atoms with Gasteiger partial charge in [-0.2, -0.15) is 0 Å². The lowest BCUT2D eigenvalue weighted by atomic mass is 10.0. The molecule has 110 valence electrons. The van der Waals surface area contributed by atoms with Crippen molar-refractivity contribution in [2.75, 3.05) is 0 Å². The molecule has 2 heterocycles. The van der Waals surface area contributed by atoms with Gasteiger partial charge < -0.3 is 5.32 Å². The zero-order chi connectivity index (χ0) is 15.4. The van der Waals surface area contributed by atoms with Gasteiger partial charge in [0.25, 0.3) is 5.91 Å². The number of benzene rings is 1. The van der Waals surface area contributed by atoms with Crippen molar-refractivity contribution >= 4 is 17.2 Å². The Morgan fingerprint density at radius 2 is 1.86 bits per heavy atom. The highest BCUT2D eigenvalue weighted by Crippen LogP contribution is 2.22. The maximum atomic E-state index is 12.6. The third-order valence-corrected chi connectivity index (χ3v) is 4.48. The number of aryl methyl sites for hydroxylation is 1. The molecule has 1 aromatic carbocycles. The fourth-order valence-corrected chi connectivity index (χ4v) is 3.15. The highest BCUT2D eigenvalue weighted by atomic mass is 32.1. The smallest absolute Gasteiger partial charge is 0.262 e. The van der Waals surface area contributed by atoms with Crippen molar-refractivity contribution in [1.29, 1.82) is 0 Å². The number of nitrogens with one attached hydrogen (secondary N) is 1. The lowest BCUT2D eigenvalue weighted by Crippen LogP contribution is -2.29. The number of carbonyl (C=O) groups excluding carboxylic acids is 1. The fourth-order valence-electron chi connectivity index (χ4n) is 2.32. The van der Waals surface area contributed by atoms with Crippen LogP contribution < -0.4 is 5.32 Å². The first-order chi connectivity index (χ1) is 10.8. The van der Waals surface area contributed by atoms with E-state index in [0.29, 0.717) is 0 Å². The molecule has 1 atom stereocenters. The van der Waals surface area contributed by atoms with Gasteiger partial charge >= 0.3 is 0 Å². The van der Waals surface area contributed by atoms with Crippen LogP contribution in [0.15, 0.2) is 66.2 Å². The molecule has 3 nitrogen and oxygen atoms in total. The van der Waals surface area contributed by atoms with Gasteiger partial charge in [-0.15, -0.1) is 11.3 Å². The zero-order valence-electron chi connectivity index (χ0n) is 12.2. The predicted octanol–water partition coefficient (Wildman–Crippen LogP) is 3.97. The number of carbonyl (C=O) groups is 1. The lowest BCUT2D eigenvalue weighted by Gasteiger charge is -2.18. The number of nitrogens with zero attached hydrogens (tertiary/aromatic N) is 1. The van der Waals surface area contributed by atoms with Crippen molar-refractivity contribution in [1.82, 2.24) is 10.3 Å². The van der Waals surface area contributed by atoms with E-state index in [2.05, 4.69) is 10.3 Å². The Kier molecular flexibility index (Phi) is 4.30. The van der Waals surface area contributed by atoms with E-state index in [1.165, 1.54) is 11.3 Å². The van der Waals surface area contributed by atoms with Crippen LogP contribution in [0.25, 0.3) is 0 Å². The summed E-state index contributed by atoms with van der Waals surface area (Å²) in [6.45, 7) is 1.95. The molecule has 22 heavy (non-hydrogen) atoms. The van der Waals surface area contributed by atoms with Crippen molar-refractivity contribution in [3.05, 3.63) is 87.9 Å². The number of thiophene rings is 1. The van der Waals surface area contributed by atoms with Crippen LogP contribution in [-0.2, 0) is 0 Å². The summed E-state index contributed by atoms with van der Waals surface area (Å²) < 4.78 is 0. The van der Waals surface area contributed by atoms with E-state index in [1.54, 1.807) is 6.20 Å². The lowest BCUT2D eigenvalue weighted by molar-refractivity contribution is 0.0946. The van der Waals surface area contributed by atoms with Crippen molar-refractivity contribution in [2.45, 2.75) is 13.0 Å². The number of pyridine rings is 1. The summed E-state index contributed by atoms with van der Waals surface area (Å²) in [7, 11) is 0. The molecule has 0 radical (unpaired) electrons. The SMILES string of the molecule is Cc1ccsc1C(=O)NC(c1ccccc1)c1ccccn1. The largest absolute Gasteiger partial charge is 0.339 e. The van der Waals surface area contributed by atoms with E-state index in [9.17, 15) is 4.79 Å². The minimum atomic E-state index is -0.253. The Morgan fingerprint density at radius 1 is 1.09 bits per heavy atom. The van der Waals surface area contributed by atoms with Crippen LogP contribution in [0.5, 0.6) is 0 Å². The summed E-state index contributed by atoms with van der Waals surface area (Å²) in [5.41, 5.74) is 2.84. The number of aromatic nitrogens is 1. The van der Waals surface area contributed by atoms with Crippen molar-refractivity contribution in [2.24, 2.45) is 0 Å². The van der Waals surface area contributed by atoms with Crippen LogP contribution in [0.3, 0.4) is 0 Å². The molecule has 0 aliphatic rings. The third-order valence-electron chi connectivity index (χ3n) is 3.46. The quantitative estimate of drug-likeness (QED) is 0.792. The molecule has 0 bridgehead atoms. The van der Waals surface area contributed by atoms with Gasteiger partial charge in [-0.1, -0.05) is 36.4 Å². The van der Waals surface area contributed by atoms with Gasteiger partial charge in [-0.25, -0.2) is 0 Å². The standard InChI is InChI=1S/C18H16N2OS/c1-13-10-12-22-17(13)18(21)20-16(14-7-3-2-4-8-14)15-9-5-6-11-19-15/h2-12,16H,1H3,(H,20,21). The van der Waals surface area contributed by atoms with Gasteiger partial charge in [-0.3, -0.25) is 9.78 Å². The van der Waals surface area contributed by atoms with Crippen LogP contribution in [0.4, 0.5) is 0 Å². The molecule has 0 spiro atoms. The molecule has 0 saturated carbocycles. The van der Waals surface area contributed by atoms with Crippen LogP contribution >= 0.6 is 11.3 Å². The van der Waals surface area contributed by atoms with Crippen LogP contribution in [0.2, 0.25) is 0 Å². The normalized spacial score (nSPS) is 11.9. The molecule has 3 rings (SSSR count). The Morgan fingerprint density at radius 3 is 2.50 bits per heavy atom. The van der Waals surface area contributed by atoms with Crippen molar-refractivity contribution < 1.29 is 4.79 Å². The Labute approximate surface area is 133 Å². The molecule has 1 amide bonds. The molecule has 0 saturated heterocycles. The van der Waals surface area contributed by atoms with Gasteiger partial charge in [-0.05, 0) is 41.6 Å². The van der Waals surface area contributed by atoms with E-state index in [-0.39, 0.29) is 11.9 Å². The second-order valence-corrected chi connectivity index (χ2v) is 5.92. The molecule has 0 aliphatic heterocycles. The Hall–Kier alpha value is -2.46. The number of amides is 1. The summed E-state index contributed by atoms with van der Waals surface area (Å²) in [5, 5.41) is 5.03. The van der Waals surface area contributed by atoms with E-state index in [1.807, 2.05) is 66.9 Å². The maximum absolute atomic E-state index is 12.6. The summed E-state index contributed by atoms with van der Waals surface area (Å²) in [6.07, 6.45) is 1.74. The highest BCUT2D eigenvalue weighted by molar-refractivity contribution is 7.12. The summed E-state index contributed by atoms with van der Waals surface area (Å²) in [4.78, 5) is 17.7. The van der Waals surface area contributed by atoms with Crippen molar-refractivity contribution in [3.8, 4) is 0 Å². The Balaban J connectivity index is 1.93. The monoisotopic (exact) mass is 308 g/mol. The minimum absolute atomic E-state index is 0.0630. The van der Waals surface area contributed by atoms with Gasteiger partial charge in [0.2, 0.25) is 0 Å². The van der Waals surface area contributed by atoms with Gasteiger partial charge in [0.1, 0.15) is 0 Å². The van der Waals surface area contributed by atoms with Crippen LogP contribution in [0.1, 0.15) is 32.5 Å². The second-order valence-electron chi connectivity index (χ2n) is 5.00. The first-order valence-electron chi connectivity index (χ1n) is 7.06. The number of hydrogen-bond donors (Lipinski definition) is 1. The molecule has 0 aliphatic carbocycles. The minimum Gasteiger partial charge on any atom is -0.339 e. The molecule has 1 unspecified atom stereocenters. The number of rotatable bonds is 4. The average Bonchev–Trinajstić information content (AvgIpc) is 3.00. The Bertz CT molecular complexity index is 714. The van der Waals surface area contributed by atoms with E-state index >= 15 is 0 Å². The third kappa shape index (κ3) is 3.07. The zero-order valence-corrected chi connectivity index (χ0v) is 13.0. The molecule has 2 aromatic heterocycles. The van der Waals surface area contributed by atoms with Gasteiger partial charge in [0.15, 0.2) is 0 Å². The van der Waals surface area contributed by atoms with Crippen LogP contribution in [-0.4, -0.2) is 10.9 Å². The summed E-state index contributed by atoms with van der Waals surface area (Å²) in [6, 6.07) is 17.3.